The first-order valence-corrected chi connectivity index (χ1v) is 4.80. The zero-order valence-electron chi connectivity index (χ0n) is 9.15. The van der Waals surface area contributed by atoms with E-state index in [-0.39, 0.29) is 0 Å². The van der Waals surface area contributed by atoms with E-state index in [0.717, 1.165) is 6.54 Å². The lowest BCUT2D eigenvalue weighted by molar-refractivity contribution is 0.289. The molecule has 0 radical (unpaired) electrons. The van der Waals surface area contributed by atoms with Crippen LogP contribution < -0.4 is 0 Å². The molecule has 0 heterocycles. The largest absolute Gasteiger partial charge is 0.304 e. The Balaban J connectivity index is 0. The molecule has 1 heteroatoms. The Bertz CT molecular complexity index is 57.9. The van der Waals surface area contributed by atoms with Crippen LogP contribution in [-0.4, -0.2) is 24.5 Å². The molecule has 0 aliphatic heterocycles. The van der Waals surface area contributed by atoms with Crippen molar-refractivity contribution in [2.24, 2.45) is 0 Å². The van der Waals surface area contributed by atoms with E-state index in [1.165, 1.54) is 12.8 Å². The number of nitrogens with zero attached hydrogens (tertiary/aromatic N) is 1. The fourth-order valence-corrected chi connectivity index (χ4v) is 0.365. The van der Waals surface area contributed by atoms with Gasteiger partial charge in [-0.3, -0.25) is 0 Å². The maximum absolute atomic E-state index is 2.29. The van der Waals surface area contributed by atoms with Crippen molar-refractivity contribution in [1.82, 2.24) is 4.90 Å². The Labute approximate surface area is 72.8 Å². The van der Waals surface area contributed by atoms with E-state index in [9.17, 15) is 0 Å². The molecular weight excluding hydrogens is 134 g/mol. The monoisotopic (exact) mass is 159 g/mol. The van der Waals surface area contributed by atoms with E-state index in [0.29, 0.717) is 6.04 Å². The Kier molecular flexibility index (Phi) is 12.3. The summed E-state index contributed by atoms with van der Waals surface area (Å²) in [6.07, 6.45) is 2.64. The lowest BCUT2D eigenvalue weighted by Gasteiger charge is -2.17. The minimum atomic E-state index is 0.699. The molecule has 0 aromatic rings. The van der Waals surface area contributed by atoms with Crippen LogP contribution in [0.4, 0.5) is 0 Å². The first-order chi connectivity index (χ1) is 5.09. The first kappa shape index (κ1) is 13.5. The third kappa shape index (κ3) is 13.0. The Morgan fingerprint density at radius 2 is 1.36 bits per heavy atom. The fourth-order valence-electron chi connectivity index (χ4n) is 0.365. The molecule has 0 saturated heterocycles. The number of rotatable bonds is 3. The molecule has 0 spiro atoms. The lowest BCUT2D eigenvalue weighted by atomic mass is 10.3. The van der Waals surface area contributed by atoms with E-state index in [4.69, 9.17) is 0 Å². The standard InChI is InChI=1S/C6H15N.C4H10/c1-5-7(4)6(2)3;1-3-4-2/h6H,5H2,1-4H3;3-4H2,1-2H3. The topological polar surface area (TPSA) is 3.24 Å². The maximum atomic E-state index is 2.29. The van der Waals surface area contributed by atoms with E-state index in [1.807, 2.05) is 0 Å². The van der Waals surface area contributed by atoms with Gasteiger partial charge < -0.3 is 4.90 Å². The lowest BCUT2D eigenvalue weighted by Crippen LogP contribution is -2.25. The van der Waals surface area contributed by atoms with E-state index in [2.05, 4.69) is 46.6 Å². The van der Waals surface area contributed by atoms with Gasteiger partial charge in [0.25, 0.3) is 0 Å². The Morgan fingerprint density at radius 1 is 1.00 bits per heavy atom. The molecule has 11 heavy (non-hydrogen) atoms. The van der Waals surface area contributed by atoms with Crippen molar-refractivity contribution in [3.05, 3.63) is 0 Å². The summed E-state index contributed by atoms with van der Waals surface area (Å²) in [6, 6.07) is 0.699. The number of hydrogen-bond acceptors (Lipinski definition) is 1. The van der Waals surface area contributed by atoms with Crippen molar-refractivity contribution < 1.29 is 0 Å². The molecule has 0 atom stereocenters. The van der Waals surface area contributed by atoms with Gasteiger partial charge in [-0.2, -0.15) is 0 Å². The van der Waals surface area contributed by atoms with Crippen molar-refractivity contribution in [3.63, 3.8) is 0 Å². The minimum Gasteiger partial charge on any atom is -0.304 e. The molecule has 0 aromatic heterocycles. The van der Waals surface area contributed by atoms with Gasteiger partial charge in [-0.25, -0.2) is 0 Å². The molecule has 1 nitrogen and oxygen atoms in total. The minimum absolute atomic E-state index is 0.699. The Morgan fingerprint density at radius 3 is 1.36 bits per heavy atom. The van der Waals surface area contributed by atoms with Crippen LogP contribution in [0.1, 0.15) is 47.5 Å². The summed E-state index contributed by atoms with van der Waals surface area (Å²) in [5, 5.41) is 0. The summed E-state index contributed by atoms with van der Waals surface area (Å²) in [7, 11) is 2.13. The van der Waals surface area contributed by atoms with Gasteiger partial charge in [0.05, 0.1) is 0 Å². The third-order valence-corrected chi connectivity index (χ3v) is 1.88. The van der Waals surface area contributed by atoms with E-state index < -0.39 is 0 Å². The molecule has 0 rings (SSSR count). The summed E-state index contributed by atoms with van der Waals surface area (Å²) >= 11 is 0. The maximum Gasteiger partial charge on any atom is 0.00354 e. The second-order valence-corrected chi connectivity index (χ2v) is 3.17. The second-order valence-electron chi connectivity index (χ2n) is 3.17. The molecule has 0 N–H and O–H groups in total. The Hall–Kier alpha value is -0.0400. The number of unbranched alkanes of at least 4 members (excludes halogenated alkanes) is 1. The highest BCUT2D eigenvalue weighted by atomic mass is 15.1. The molecule has 0 unspecified atom stereocenters. The van der Waals surface area contributed by atoms with Crippen LogP contribution in [0.25, 0.3) is 0 Å². The van der Waals surface area contributed by atoms with E-state index >= 15 is 0 Å². The quantitative estimate of drug-likeness (QED) is 0.611. The van der Waals surface area contributed by atoms with Crippen LogP contribution >= 0.6 is 0 Å². The van der Waals surface area contributed by atoms with Gasteiger partial charge in [0.15, 0.2) is 0 Å². The van der Waals surface area contributed by atoms with Gasteiger partial charge in [-0.05, 0) is 27.4 Å². The van der Waals surface area contributed by atoms with E-state index in [1.54, 1.807) is 0 Å². The van der Waals surface area contributed by atoms with Crippen molar-refractivity contribution >= 4 is 0 Å². The van der Waals surface area contributed by atoms with Gasteiger partial charge in [0, 0.05) is 6.04 Å². The van der Waals surface area contributed by atoms with Crippen molar-refractivity contribution in [1.29, 1.82) is 0 Å². The van der Waals surface area contributed by atoms with Crippen LogP contribution in [0, 0.1) is 0 Å². The van der Waals surface area contributed by atoms with Gasteiger partial charge in [-0.15, -0.1) is 0 Å². The molecular formula is C10H25N. The highest BCUT2D eigenvalue weighted by Gasteiger charge is 1.95. The molecule has 0 bridgehead atoms. The highest BCUT2D eigenvalue weighted by molar-refractivity contribution is 4.51. The number of hydrogen-bond donors (Lipinski definition) is 0. The normalized spacial score (nSPS) is 9.82. The first-order valence-electron chi connectivity index (χ1n) is 4.80. The van der Waals surface area contributed by atoms with Gasteiger partial charge in [0.2, 0.25) is 0 Å². The van der Waals surface area contributed by atoms with Crippen LogP contribution in [0.5, 0.6) is 0 Å². The van der Waals surface area contributed by atoms with Crippen LogP contribution in [0.15, 0.2) is 0 Å². The molecule has 0 fully saturated rings. The summed E-state index contributed by atoms with van der Waals surface area (Å²) < 4.78 is 0. The van der Waals surface area contributed by atoms with Crippen LogP contribution in [-0.2, 0) is 0 Å². The average Bonchev–Trinajstić information content (AvgIpc) is 2.03. The second kappa shape index (κ2) is 9.96. The predicted octanol–water partition coefficient (Wildman–Crippen LogP) is 3.15. The predicted molar refractivity (Wildman–Crippen MR) is 54.0 cm³/mol. The van der Waals surface area contributed by atoms with Gasteiger partial charge in [-0.1, -0.05) is 33.6 Å². The molecule has 0 amide bonds. The zero-order valence-corrected chi connectivity index (χ0v) is 9.15. The van der Waals surface area contributed by atoms with Crippen LogP contribution in [0.2, 0.25) is 0 Å². The van der Waals surface area contributed by atoms with Gasteiger partial charge in [0.1, 0.15) is 0 Å². The van der Waals surface area contributed by atoms with Crippen LogP contribution in [0.3, 0.4) is 0 Å². The van der Waals surface area contributed by atoms with Crippen molar-refractivity contribution in [3.8, 4) is 0 Å². The fraction of sp³-hybridized carbons (Fsp3) is 1.00. The van der Waals surface area contributed by atoms with Gasteiger partial charge >= 0.3 is 0 Å². The van der Waals surface area contributed by atoms with Crippen molar-refractivity contribution in [2.75, 3.05) is 13.6 Å². The average molecular weight is 159 g/mol. The third-order valence-electron chi connectivity index (χ3n) is 1.88. The SMILES string of the molecule is CCCC.CCN(C)C(C)C. The smallest absolute Gasteiger partial charge is 0.00354 e. The highest BCUT2D eigenvalue weighted by Crippen LogP contribution is 1.89. The van der Waals surface area contributed by atoms with Crippen molar-refractivity contribution in [2.45, 2.75) is 53.5 Å². The molecule has 0 saturated carbocycles. The molecule has 0 aliphatic rings. The summed E-state index contributed by atoms with van der Waals surface area (Å²) in [4.78, 5) is 2.29. The molecule has 0 aliphatic carbocycles. The summed E-state index contributed by atoms with van der Waals surface area (Å²) in [6.45, 7) is 12.1. The summed E-state index contributed by atoms with van der Waals surface area (Å²) in [5.41, 5.74) is 0. The molecule has 0 aromatic carbocycles. The molecule has 70 valence electrons. The summed E-state index contributed by atoms with van der Waals surface area (Å²) in [5.74, 6) is 0. The zero-order chi connectivity index (χ0) is 9.28.